The number of nitrogens with one attached hydrogen (secondary N) is 1. The number of aliphatic hydroxyl groups excluding tert-OH is 2. The van der Waals surface area contributed by atoms with Crippen LogP contribution < -0.4 is 9.03 Å². The third-order valence-electron chi connectivity index (χ3n) is 4.35. The molecule has 0 radical (unpaired) electrons. The van der Waals surface area contributed by atoms with Crippen LogP contribution in [0.25, 0.3) is 21.9 Å². The molecule has 3 aromatic carbocycles. The molecule has 1 heterocycles. The third kappa shape index (κ3) is 3.05. The molecule has 1 aliphatic heterocycles. The van der Waals surface area contributed by atoms with Crippen molar-refractivity contribution in [1.82, 2.24) is 4.72 Å². The molecule has 27 heavy (non-hydrogen) atoms. The fourth-order valence-electron chi connectivity index (χ4n) is 3.07. The van der Waals surface area contributed by atoms with Gasteiger partial charge in [0.15, 0.2) is 0 Å². The quantitative estimate of drug-likeness (QED) is 0.555. The average Bonchev–Trinajstić information content (AvgIpc) is 2.92. The first kappa shape index (κ1) is 17.2. The summed E-state index contributed by atoms with van der Waals surface area (Å²) >= 11 is 0. The molecule has 0 atom stereocenters. The second kappa shape index (κ2) is 6.19. The predicted octanol–water partition coefficient (Wildman–Crippen LogP) is 2.72. The highest BCUT2D eigenvalue weighted by atomic mass is 32.2. The van der Waals surface area contributed by atoms with Gasteiger partial charge in [-0.15, -0.1) is 0 Å². The van der Waals surface area contributed by atoms with E-state index in [0.717, 1.165) is 32.6 Å². The van der Waals surface area contributed by atoms with Gasteiger partial charge < -0.3 is 15.3 Å². The van der Waals surface area contributed by atoms with Gasteiger partial charge >= 0.3 is 10.2 Å². The minimum absolute atomic E-state index is 0.0281. The van der Waals surface area contributed by atoms with Crippen molar-refractivity contribution >= 4 is 26.7 Å². The smallest absolute Gasteiger partial charge is 0.330 e. The lowest BCUT2D eigenvalue weighted by Crippen LogP contribution is -2.29. The maximum Gasteiger partial charge on any atom is 0.330 e. The molecule has 0 fully saturated rings. The van der Waals surface area contributed by atoms with Crippen molar-refractivity contribution in [3.8, 4) is 16.9 Å². The average molecular weight is 384 g/mol. The van der Waals surface area contributed by atoms with Crippen LogP contribution in [0.4, 0.5) is 5.69 Å². The lowest BCUT2D eigenvalue weighted by molar-refractivity contribution is 0.282. The molecule has 0 aliphatic carbocycles. The molecule has 7 nitrogen and oxygen atoms in total. The molecule has 0 saturated heterocycles. The van der Waals surface area contributed by atoms with Crippen LogP contribution in [-0.2, 0) is 16.8 Å². The molecular weight excluding hydrogens is 368 g/mol. The Kier molecular flexibility index (Phi) is 3.94. The van der Waals surface area contributed by atoms with Crippen molar-refractivity contribution in [2.45, 2.75) is 6.61 Å². The first-order valence-corrected chi connectivity index (χ1v) is 9.51. The molecule has 0 amide bonds. The second-order valence-corrected chi connectivity index (χ2v) is 7.73. The first-order chi connectivity index (χ1) is 12.9. The Morgan fingerprint density at radius 1 is 0.926 bits per heavy atom. The van der Waals surface area contributed by atoms with Crippen LogP contribution in [0.1, 0.15) is 5.56 Å². The highest BCUT2D eigenvalue weighted by Crippen LogP contribution is 2.37. The van der Waals surface area contributed by atoms with Gasteiger partial charge in [0.2, 0.25) is 5.88 Å². The normalized spacial score (nSPS) is 15.6. The molecule has 0 spiro atoms. The molecule has 8 heteroatoms. The number of hydrogen-bond acceptors (Lipinski definition) is 5. The monoisotopic (exact) mass is 384 g/mol. The maximum absolute atomic E-state index is 12.1. The fourth-order valence-corrected chi connectivity index (χ4v) is 4.13. The van der Waals surface area contributed by atoms with E-state index in [1.54, 1.807) is 6.07 Å². The Balaban J connectivity index is 1.85. The van der Waals surface area contributed by atoms with Gasteiger partial charge in [0, 0.05) is 0 Å². The van der Waals surface area contributed by atoms with Crippen molar-refractivity contribution < 1.29 is 23.7 Å². The number of phenols is 1. The summed E-state index contributed by atoms with van der Waals surface area (Å²) in [6.45, 7) is -0.0604. The Bertz CT molecular complexity index is 1190. The lowest BCUT2D eigenvalue weighted by atomic mass is 9.99. The van der Waals surface area contributed by atoms with Gasteiger partial charge in [-0.3, -0.25) is 0 Å². The number of aromatic hydroxyl groups is 1. The molecule has 0 aromatic heterocycles. The molecule has 0 unspecified atom stereocenters. The van der Waals surface area contributed by atoms with E-state index in [-0.39, 0.29) is 18.0 Å². The summed E-state index contributed by atoms with van der Waals surface area (Å²) < 4.78 is 26.9. The molecule has 4 rings (SSSR count). The number of phenolic OH excluding ortho intramolecular Hbond substituents is 1. The van der Waals surface area contributed by atoms with Crippen molar-refractivity contribution in [1.29, 1.82) is 0 Å². The van der Waals surface area contributed by atoms with Crippen molar-refractivity contribution in [2.24, 2.45) is 0 Å². The number of benzene rings is 3. The van der Waals surface area contributed by atoms with Crippen LogP contribution >= 0.6 is 0 Å². The Morgan fingerprint density at radius 3 is 2.41 bits per heavy atom. The Labute approximate surface area is 155 Å². The minimum atomic E-state index is -4.00. The third-order valence-corrected chi connectivity index (χ3v) is 5.63. The van der Waals surface area contributed by atoms with Crippen molar-refractivity contribution in [2.75, 3.05) is 4.31 Å². The van der Waals surface area contributed by atoms with Crippen LogP contribution in [0.5, 0.6) is 5.75 Å². The van der Waals surface area contributed by atoms with E-state index in [9.17, 15) is 23.7 Å². The fraction of sp³-hybridized carbons (Fsp3) is 0.0526. The van der Waals surface area contributed by atoms with Crippen LogP contribution in [0, 0.1) is 0 Å². The van der Waals surface area contributed by atoms with E-state index in [2.05, 4.69) is 0 Å². The summed E-state index contributed by atoms with van der Waals surface area (Å²) in [6.07, 6.45) is 0.991. The predicted molar refractivity (Wildman–Crippen MR) is 102 cm³/mol. The van der Waals surface area contributed by atoms with Gasteiger partial charge in [0.1, 0.15) is 11.4 Å². The van der Waals surface area contributed by atoms with Crippen molar-refractivity contribution in [3.05, 3.63) is 72.2 Å². The highest BCUT2D eigenvalue weighted by molar-refractivity contribution is 7.91. The summed E-state index contributed by atoms with van der Waals surface area (Å²) in [4.78, 5) is 0. The van der Waals surface area contributed by atoms with Crippen LogP contribution in [0.15, 0.2) is 66.7 Å². The zero-order valence-electron chi connectivity index (χ0n) is 14.0. The number of anilines is 1. The van der Waals surface area contributed by atoms with E-state index in [1.165, 1.54) is 6.07 Å². The number of hydrogen-bond donors (Lipinski definition) is 4. The number of aliphatic hydroxyl groups is 2. The van der Waals surface area contributed by atoms with E-state index in [1.807, 2.05) is 47.2 Å². The zero-order valence-corrected chi connectivity index (χ0v) is 14.8. The van der Waals surface area contributed by atoms with Gasteiger partial charge in [-0.25, -0.2) is 9.03 Å². The van der Waals surface area contributed by atoms with E-state index in [0.29, 0.717) is 5.39 Å². The standard InChI is InChI=1S/C19H16N2O5S/c22-11-12-2-1-3-13(6-12)14-4-5-15-9-18(23)17(8-16(15)7-14)21-10-19(24)20-27(21,25)26/h1-10,20,22-24H,11H2. The van der Waals surface area contributed by atoms with E-state index >= 15 is 0 Å². The summed E-state index contributed by atoms with van der Waals surface area (Å²) in [6, 6.07) is 16.1. The molecule has 138 valence electrons. The van der Waals surface area contributed by atoms with Gasteiger partial charge in [0.05, 0.1) is 12.8 Å². The topological polar surface area (TPSA) is 110 Å². The SMILES string of the molecule is O=S1(=O)NC(O)=CN1c1cc2cc(-c3cccc(CO)c3)ccc2cc1O. The highest BCUT2D eigenvalue weighted by Gasteiger charge is 2.30. The number of fused-ring (bicyclic) bond motifs is 1. The molecule has 1 aliphatic rings. The lowest BCUT2D eigenvalue weighted by Gasteiger charge is -2.16. The molecule has 0 bridgehead atoms. The van der Waals surface area contributed by atoms with Crippen LogP contribution in [0.3, 0.4) is 0 Å². The van der Waals surface area contributed by atoms with Crippen molar-refractivity contribution in [3.63, 3.8) is 0 Å². The van der Waals surface area contributed by atoms with E-state index in [4.69, 9.17) is 0 Å². The molecule has 4 N–H and O–H groups in total. The molecule has 0 saturated carbocycles. The summed E-state index contributed by atoms with van der Waals surface area (Å²) in [7, 11) is -4.00. The first-order valence-electron chi connectivity index (χ1n) is 8.07. The van der Waals surface area contributed by atoms with E-state index < -0.39 is 16.1 Å². The summed E-state index contributed by atoms with van der Waals surface area (Å²) in [5.41, 5.74) is 2.61. The largest absolute Gasteiger partial charge is 0.506 e. The minimum Gasteiger partial charge on any atom is -0.506 e. The van der Waals surface area contributed by atoms with Gasteiger partial charge in [-0.2, -0.15) is 8.42 Å². The Morgan fingerprint density at radius 2 is 1.70 bits per heavy atom. The number of nitrogens with zero attached hydrogens (tertiary/aromatic N) is 1. The maximum atomic E-state index is 12.1. The zero-order chi connectivity index (χ0) is 19.2. The van der Waals surface area contributed by atoms with Gasteiger partial charge in [-0.1, -0.05) is 30.3 Å². The molecule has 3 aromatic rings. The van der Waals surface area contributed by atoms with Gasteiger partial charge in [0.25, 0.3) is 0 Å². The summed E-state index contributed by atoms with van der Waals surface area (Å²) in [5, 5.41) is 30.5. The van der Waals surface area contributed by atoms with Crippen LogP contribution in [-0.4, -0.2) is 23.7 Å². The molecular formula is C19H16N2O5S. The second-order valence-electron chi connectivity index (χ2n) is 6.18. The van der Waals surface area contributed by atoms with Gasteiger partial charge in [-0.05, 0) is 51.7 Å². The van der Waals surface area contributed by atoms with Crippen LogP contribution in [0.2, 0.25) is 0 Å². The summed E-state index contributed by atoms with van der Waals surface area (Å²) in [5.74, 6) is -0.752. The Hall–Kier alpha value is -3.23. The number of rotatable bonds is 3.